The zero-order chi connectivity index (χ0) is 24.8. The SMILES string of the molecule is Cc1cc(NC2=CN(C)CC(c3ccnc(N4CCn5c(cc6c5CCCC6)C4=O)c3C=O)=C2)n[nH]1. The van der Waals surface area contributed by atoms with Crippen molar-refractivity contribution in [2.45, 2.75) is 39.2 Å². The van der Waals surface area contributed by atoms with Gasteiger partial charge in [0.1, 0.15) is 11.5 Å². The van der Waals surface area contributed by atoms with E-state index in [0.717, 1.165) is 47.5 Å². The summed E-state index contributed by atoms with van der Waals surface area (Å²) in [7, 11) is 1.98. The van der Waals surface area contributed by atoms with Crippen LogP contribution in [0.2, 0.25) is 0 Å². The normalized spacial score (nSPS) is 17.3. The molecule has 9 nitrogen and oxygen atoms in total. The van der Waals surface area contributed by atoms with Crippen molar-refractivity contribution in [1.29, 1.82) is 0 Å². The molecule has 1 aliphatic carbocycles. The Hall–Kier alpha value is -4.14. The first-order chi connectivity index (χ1) is 17.5. The number of hydrogen-bond acceptors (Lipinski definition) is 6. The predicted octanol–water partition coefficient (Wildman–Crippen LogP) is 3.55. The Labute approximate surface area is 209 Å². The van der Waals surface area contributed by atoms with E-state index in [1.165, 1.54) is 24.1 Å². The van der Waals surface area contributed by atoms with Crippen LogP contribution in [-0.2, 0) is 19.4 Å². The quantitative estimate of drug-likeness (QED) is 0.539. The van der Waals surface area contributed by atoms with Crippen molar-refractivity contribution >= 4 is 29.4 Å². The lowest BCUT2D eigenvalue weighted by Gasteiger charge is -2.31. The zero-order valence-electron chi connectivity index (χ0n) is 20.5. The van der Waals surface area contributed by atoms with Crippen molar-refractivity contribution in [1.82, 2.24) is 24.6 Å². The molecule has 0 bridgehead atoms. The molecule has 3 aromatic rings. The number of carbonyl (C=O) groups excluding carboxylic acids is 2. The summed E-state index contributed by atoms with van der Waals surface area (Å²) in [6, 6.07) is 5.83. The molecule has 0 saturated carbocycles. The van der Waals surface area contributed by atoms with E-state index in [0.29, 0.717) is 36.7 Å². The van der Waals surface area contributed by atoms with Crippen molar-refractivity contribution < 1.29 is 9.59 Å². The number of aromatic amines is 1. The highest BCUT2D eigenvalue weighted by Gasteiger charge is 2.32. The third-order valence-corrected chi connectivity index (χ3v) is 7.20. The van der Waals surface area contributed by atoms with Gasteiger partial charge in [-0.15, -0.1) is 0 Å². The number of nitrogens with one attached hydrogen (secondary N) is 2. The molecule has 0 aromatic carbocycles. The second kappa shape index (κ2) is 8.82. The topological polar surface area (TPSA) is 99.2 Å². The Kier molecular flexibility index (Phi) is 5.47. The van der Waals surface area contributed by atoms with Crippen LogP contribution in [0.3, 0.4) is 0 Å². The van der Waals surface area contributed by atoms with Crippen LogP contribution in [0.5, 0.6) is 0 Å². The molecule has 3 aromatic heterocycles. The molecule has 0 saturated heterocycles. The summed E-state index contributed by atoms with van der Waals surface area (Å²) in [5.41, 5.74) is 7.30. The molecule has 0 radical (unpaired) electrons. The number of aryl methyl sites for hydroxylation is 2. The number of carbonyl (C=O) groups is 2. The summed E-state index contributed by atoms with van der Waals surface area (Å²) in [6.07, 6.45) is 10.9. The van der Waals surface area contributed by atoms with Crippen molar-refractivity contribution in [2.24, 2.45) is 0 Å². The van der Waals surface area contributed by atoms with Gasteiger partial charge in [-0.3, -0.25) is 19.6 Å². The summed E-state index contributed by atoms with van der Waals surface area (Å²) in [6.45, 7) is 3.78. The van der Waals surface area contributed by atoms with E-state index in [4.69, 9.17) is 0 Å². The highest BCUT2D eigenvalue weighted by Crippen LogP contribution is 2.33. The molecule has 6 rings (SSSR count). The van der Waals surface area contributed by atoms with E-state index in [1.54, 1.807) is 11.1 Å². The average Bonchev–Trinajstić information content (AvgIpc) is 3.47. The summed E-state index contributed by atoms with van der Waals surface area (Å²) in [5.74, 6) is 1.06. The minimum absolute atomic E-state index is 0.0886. The number of pyridine rings is 1. The number of aromatic nitrogens is 4. The second-order valence-electron chi connectivity index (χ2n) is 9.76. The summed E-state index contributed by atoms with van der Waals surface area (Å²) in [4.78, 5) is 34.3. The first-order valence-corrected chi connectivity index (χ1v) is 12.4. The van der Waals surface area contributed by atoms with Gasteiger partial charge < -0.3 is 14.8 Å². The molecular formula is C27H29N7O2. The van der Waals surface area contributed by atoms with Gasteiger partial charge in [0.2, 0.25) is 0 Å². The number of fused-ring (bicyclic) bond motifs is 3. The number of nitrogens with zero attached hydrogens (tertiary/aromatic N) is 5. The number of aldehydes is 1. The van der Waals surface area contributed by atoms with Gasteiger partial charge in [-0.2, -0.15) is 5.10 Å². The molecule has 0 fully saturated rings. The van der Waals surface area contributed by atoms with Crippen LogP contribution in [0.1, 0.15) is 56.2 Å². The van der Waals surface area contributed by atoms with Gasteiger partial charge >= 0.3 is 0 Å². The summed E-state index contributed by atoms with van der Waals surface area (Å²) in [5, 5.41) is 10.5. The van der Waals surface area contributed by atoms with Crippen LogP contribution in [0, 0.1) is 6.92 Å². The van der Waals surface area contributed by atoms with Gasteiger partial charge in [0.15, 0.2) is 12.1 Å². The number of H-pyrrole nitrogens is 1. The minimum atomic E-state index is -0.0886. The van der Waals surface area contributed by atoms with Crippen molar-refractivity contribution in [3.63, 3.8) is 0 Å². The third-order valence-electron chi connectivity index (χ3n) is 7.20. The lowest BCUT2D eigenvalue weighted by molar-refractivity contribution is 0.0963. The first-order valence-electron chi connectivity index (χ1n) is 12.4. The van der Waals surface area contributed by atoms with Crippen LogP contribution in [0.25, 0.3) is 5.57 Å². The maximum atomic E-state index is 13.6. The Morgan fingerprint density at radius 1 is 1.17 bits per heavy atom. The molecule has 0 spiro atoms. The maximum Gasteiger partial charge on any atom is 0.276 e. The first kappa shape index (κ1) is 22.3. The molecule has 0 unspecified atom stereocenters. The minimum Gasteiger partial charge on any atom is -0.374 e. The average molecular weight is 484 g/mol. The highest BCUT2D eigenvalue weighted by molar-refractivity contribution is 6.08. The maximum absolute atomic E-state index is 13.6. The molecular weight excluding hydrogens is 454 g/mol. The number of likely N-dealkylation sites (N-methyl/N-ethyl adjacent to an activating group) is 1. The van der Waals surface area contributed by atoms with E-state index in [2.05, 4.69) is 30.0 Å². The van der Waals surface area contributed by atoms with Crippen LogP contribution < -0.4 is 10.2 Å². The largest absolute Gasteiger partial charge is 0.374 e. The molecule has 36 heavy (non-hydrogen) atoms. The number of amides is 1. The van der Waals surface area contributed by atoms with Crippen molar-refractivity contribution in [3.05, 3.63) is 76.1 Å². The molecule has 2 aliphatic heterocycles. The number of anilines is 2. The van der Waals surface area contributed by atoms with Crippen molar-refractivity contribution in [2.75, 3.05) is 30.4 Å². The molecule has 5 heterocycles. The molecule has 184 valence electrons. The van der Waals surface area contributed by atoms with Crippen LogP contribution >= 0.6 is 0 Å². The summed E-state index contributed by atoms with van der Waals surface area (Å²) < 4.78 is 2.18. The molecule has 1 amide bonds. The molecule has 0 atom stereocenters. The second-order valence-corrected chi connectivity index (χ2v) is 9.76. The van der Waals surface area contributed by atoms with E-state index in [1.807, 2.05) is 44.4 Å². The number of allylic oxidation sites excluding steroid dienone is 1. The molecule has 3 aliphatic rings. The standard InChI is InChI=1S/C27H29N7O2/c1-17-11-25(31-30-17)29-20-12-19(14-32(2)15-20)21-7-8-28-26(22(21)16-35)34-10-9-33-23-6-4-3-5-18(23)13-24(33)27(34)36/h7-8,11-13,15-16H,3-6,9-10,14H2,1-2H3,(H2,29,30,31). The van der Waals surface area contributed by atoms with Crippen LogP contribution in [0.4, 0.5) is 11.6 Å². The van der Waals surface area contributed by atoms with Crippen LogP contribution in [-0.4, -0.2) is 57.0 Å². The van der Waals surface area contributed by atoms with Gasteiger partial charge in [-0.1, -0.05) is 0 Å². The highest BCUT2D eigenvalue weighted by atomic mass is 16.2. The monoisotopic (exact) mass is 483 g/mol. The van der Waals surface area contributed by atoms with E-state index in [-0.39, 0.29) is 5.91 Å². The predicted molar refractivity (Wildman–Crippen MR) is 138 cm³/mol. The van der Waals surface area contributed by atoms with Gasteiger partial charge in [0.25, 0.3) is 5.91 Å². The Morgan fingerprint density at radius 3 is 2.83 bits per heavy atom. The fraction of sp³-hybridized carbons (Fsp3) is 0.333. The fourth-order valence-electron chi connectivity index (χ4n) is 5.60. The van der Waals surface area contributed by atoms with Gasteiger partial charge in [-0.05, 0) is 67.5 Å². The molecule has 2 N–H and O–H groups in total. The summed E-state index contributed by atoms with van der Waals surface area (Å²) >= 11 is 0. The van der Waals surface area contributed by atoms with E-state index >= 15 is 0 Å². The van der Waals surface area contributed by atoms with Crippen LogP contribution in [0.15, 0.2) is 42.4 Å². The lowest BCUT2D eigenvalue weighted by atomic mass is 9.98. The third kappa shape index (κ3) is 3.80. The van der Waals surface area contributed by atoms with Gasteiger partial charge in [0, 0.05) is 56.5 Å². The fourth-order valence-corrected chi connectivity index (χ4v) is 5.60. The van der Waals surface area contributed by atoms with Gasteiger partial charge in [-0.25, -0.2) is 4.98 Å². The Morgan fingerprint density at radius 2 is 2.03 bits per heavy atom. The number of rotatable bonds is 5. The smallest absolute Gasteiger partial charge is 0.276 e. The lowest BCUT2D eigenvalue weighted by Crippen LogP contribution is -2.41. The number of hydrogen-bond donors (Lipinski definition) is 2. The van der Waals surface area contributed by atoms with Gasteiger partial charge in [0.05, 0.1) is 11.3 Å². The zero-order valence-corrected chi connectivity index (χ0v) is 20.5. The Balaban J connectivity index is 1.34. The van der Waals surface area contributed by atoms with E-state index in [9.17, 15) is 9.59 Å². The van der Waals surface area contributed by atoms with Crippen molar-refractivity contribution in [3.8, 4) is 0 Å². The Bertz CT molecular complexity index is 1430. The molecule has 9 heteroatoms. The van der Waals surface area contributed by atoms with E-state index < -0.39 is 0 Å².